The number of phenolic OH excluding ortho intramolecular Hbond substituents is 2. The van der Waals surface area contributed by atoms with E-state index in [0.29, 0.717) is 33.8 Å². The number of aromatic hydroxyl groups is 2. The highest BCUT2D eigenvalue weighted by Crippen LogP contribution is 2.44. The molecule has 0 atom stereocenters. The highest BCUT2D eigenvalue weighted by atomic mass is 32.2. The number of nitrogens with zero attached hydrogens (tertiary/aromatic N) is 4. The maximum atomic E-state index is 14.0. The van der Waals surface area contributed by atoms with Crippen LogP contribution in [0, 0.1) is 0 Å². The van der Waals surface area contributed by atoms with Gasteiger partial charge in [0.1, 0.15) is 23.0 Å². The second-order valence-electron chi connectivity index (χ2n) is 25.1. The summed E-state index contributed by atoms with van der Waals surface area (Å²) >= 11 is 1.62. The second kappa shape index (κ2) is 24.0. The van der Waals surface area contributed by atoms with Crippen LogP contribution in [0.3, 0.4) is 0 Å². The lowest BCUT2D eigenvalue weighted by Crippen LogP contribution is -2.18. The highest BCUT2D eigenvalue weighted by molar-refractivity contribution is 8.13. The normalized spacial score (nSPS) is 13.2. The van der Waals surface area contributed by atoms with Crippen molar-refractivity contribution < 1.29 is 38.1 Å². The molecule has 0 saturated heterocycles. The fourth-order valence-electron chi connectivity index (χ4n) is 9.65. The second-order valence-corrected chi connectivity index (χ2v) is 27.1. The van der Waals surface area contributed by atoms with Crippen molar-refractivity contribution in [1.82, 2.24) is 20.4 Å². The van der Waals surface area contributed by atoms with E-state index in [-0.39, 0.29) is 105 Å². The Bertz CT molecular complexity index is 3360. The van der Waals surface area contributed by atoms with Crippen molar-refractivity contribution in [2.45, 2.75) is 141 Å². The van der Waals surface area contributed by atoms with Gasteiger partial charge in [-0.3, -0.25) is 9.59 Å². The number of carbonyl (C=O) groups excluding carboxylic acids is 2. The zero-order chi connectivity index (χ0) is 58.7. The molecular weight excluding hydrogens is 1060 g/mol. The molecule has 2 aromatic heterocycles. The molecule has 8 bridgehead atoms. The Kier molecular flexibility index (Phi) is 17.3. The molecule has 0 aliphatic heterocycles. The van der Waals surface area contributed by atoms with Crippen molar-refractivity contribution in [2.24, 2.45) is 0 Å². The summed E-state index contributed by atoms with van der Waals surface area (Å²) in [7, 11) is 0. The first kappa shape index (κ1) is 59.0. The Balaban J connectivity index is 1.15. The van der Waals surface area contributed by atoms with Crippen LogP contribution in [0.15, 0.2) is 128 Å². The number of hydrogen-bond acceptors (Lipinski definition) is 14. The number of aromatic nitrogens is 4. The third-order valence-electron chi connectivity index (χ3n) is 14.4. The van der Waals surface area contributed by atoms with Crippen LogP contribution >= 0.6 is 23.5 Å². The van der Waals surface area contributed by atoms with Crippen LogP contribution in [0.1, 0.15) is 173 Å². The van der Waals surface area contributed by atoms with Gasteiger partial charge in [-0.25, -0.2) is 0 Å². The fourth-order valence-corrected chi connectivity index (χ4v) is 10.7. The standard InChI is InChI=1S/C68H72N4O8S2/c1-65(2,3)51-31-43-27-47-35-53(67(7,8)9)37-49(61(47)77-39-57(73)81-63-71-69-55(79-63)25-23-41-19-15-13-16-20-41)29-45-33-52(66(4,5)6)34-46(60(45)76)30-50-38-54(68(10,11)12)36-48(28-44(32-51)59(43)75)62(50)78-40-58(74)82-64-72-70-56(80-64)26-24-42-21-17-14-18-22-42/h13-26,31-38,75-76H,27-30,39-40H2,1-12H3/b25-23-,26-24-. The number of ether oxygens (including phenoxy) is 2. The van der Waals surface area contributed by atoms with E-state index in [1.54, 1.807) is 12.2 Å². The molecule has 1 aliphatic carbocycles. The highest BCUT2D eigenvalue weighted by Gasteiger charge is 2.30. The number of phenols is 2. The lowest BCUT2D eigenvalue weighted by molar-refractivity contribution is -0.113. The molecule has 0 saturated carbocycles. The van der Waals surface area contributed by atoms with Crippen LogP contribution in [0.25, 0.3) is 24.3 Å². The molecule has 0 radical (unpaired) electrons. The van der Waals surface area contributed by atoms with Gasteiger partial charge in [0.25, 0.3) is 10.4 Å². The zero-order valence-electron chi connectivity index (χ0n) is 48.9. The van der Waals surface area contributed by atoms with E-state index in [1.165, 1.54) is 0 Å². The molecule has 0 amide bonds. The summed E-state index contributed by atoms with van der Waals surface area (Å²) < 4.78 is 25.2. The Hall–Kier alpha value is -7.68. The maximum absolute atomic E-state index is 14.0. The van der Waals surface area contributed by atoms with Crippen molar-refractivity contribution in [3.63, 3.8) is 0 Å². The Morgan fingerprint density at radius 3 is 1.00 bits per heavy atom. The van der Waals surface area contributed by atoms with Crippen LogP contribution in [0.5, 0.6) is 23.0 Å². The summed E-state index contributed by atoms with van der Waals surface area (Å²) in [5.74, 6) is 1.70. The van der Waals surface area contributed by atoms with E-state index >= 15 is 0 Å². The average molecular weight is 1140 g/mol. The first-order valence-electron chi connectivity index (χ1n) is 27.6. The van der Waals surface area contributed by atoms with Gasteiger partial charge in [-0.15, -0.1) is 20.4 Å². The molecule has 2 heterocycles. The number of thioether (sulfide) groups is 2. The monoisotopic (exact) mass is 1140 g/mol. The van der Waals surface area contributed by atoms with Crippen molar-refractivity contribution in [2.75, 3.05) is 13.2 Å². The quantitative estimate of drug-likeness (QED) is 0.111. The van der Waals surface area contributed by atoms with Gasteiger partial charge in [-0.1, -0.05) is 192 Å². The molecule has 9 rings (SSSR count). The summed E-state index contributed by atoms with van der Waals surface area (Å²) in [6, 6.07) is 36.2. The predicted molar refractivity (Wildman–Crippen MR) is 327 cm³/mol. The number of fused-ring (bicyclic) bond motifs is 8. The largest absolute Gasteiger partial charge is 0.507 e. The maximum Gasteiger partial charge on any atom is 0.284 e. The first-order chi connectivity index (χ1) is 38.7. The Morgan fingerprint density at radius 1 is 0.439 bits per heavy atom. The number of carbonyl (C=O) groups is 2. The Morgan fingerprint density at radius 2 is 0.720 bits per heavy atom. The first-order valence-corrected chi connectivity index (χ1v) is 29.2. The number of rotatable bonds is 12. The van der Waals surface area contributed by atoms with Gasteiger partial charge in [0, 0.05) is 61.4 Å². The van der Waals surface area contributed by atoms with Crippen LogP contribution in [0.2, 0.25) is 0 Å². The van der Waals surface area contributed by atoms with E-state index in [2.05, 4.69) is 152 Å². The smallest absolute Gasteiger partial charge is 0.284 e. The van der Waals surface area contributed by atoms with Gasteiger partial charge in [-0.05, 0) is 112 Å². The average Bonchev–Trinajstić information content (AvgIpc) is 4.06. The van der Waals surface area contributed by atoms with Crippen LogP contribution < -0.4 is 9.47 Å². The molecule has 0 spiro atoms. The molecule has 1 aliphatic rings. The van der Waals surface area contributed by atoms with E-state index < -0.39 is 0 Å². The third-order valence-corrected chi connectivity index (χ3v) is 15.7. The number of benzene rings is 6. The van der Waals surface area contributed by atoms with Gasteiger partial charge in [0.2, 0.25) is 22.0 Å². The van der Waals surface area contributed by atoms with Gasteiger partial charge in [0.05, 0.1) is 0 Å². The lowest BCUT2D eigenvalue weighted by Gasteiger charge is -2.28. The van der Waals surface area contributed by atoms with E-state index in [4.69, 9.17) is 18.3 Å². The molecule has 82 heavy (non-hydrogen) atoms. The van der Waals surface area contributed by atoms with Crippen LogP contribution in [-0.4, -0.2) is 54.1 Å². The number of hydrogen-bond donors (Lipinski definition) is 2. The van der Waals surface area contributed by atoms with Crippen LogP contribution in [0.4, 0.5) is 0 Å². The van der Waals surface area contributed by atoms with Crippen molar-refractivity contribution in [3.05, 3.63) is 199 Å². The molecule has 12 nitrogen and oxygen atoms in total. The van der Waals surface area contributed by atoms with E-state index in [1.807, 2.05) is 72.8 Å². The molecule has 6 aromatic carbocycles. The minimum absolute atomic E-state index is 0.0862. The van der Waals surface area contributed by atoms with Crippen LogP contribution in [-0.2, 0) is 56.9 Å². The van der Waals surface area contributed by atoms with Crippen molar-refractivity contribution in [3.8, 4) is 23.0 Å². The zero-order valence-corrected chi connectivity index (χ0v) is 50.5. The molecule has 8 aromatic rings. The molecular formula is C68H72N4O8S2. The lowest BCUT2D eigenvalue weighted by atomic mass is 9.79. The van der Waals surface area contributed by atoms with Gasteiger partial charge < -0.3 is 28.5 Å². The molecule has 14 heteroatoms. The van der Waals surface area contributed by atoms with E-state index in [0.717, 1.165) is 79.2 Å². The summed E-state index contributed by atoms with van der Waals surface area (Å²) in [4.78, 5) is 27.9. The minimum atomic E-state index is -0.356. The van der Waals surface area contributed by atoms with Crippen molar-refractivity contribution >= 4 is 58.1 Å². The molecule has 0 unspecified atom stereocenters. The SMILES string of the molecule is CC(C)(C)c1cc2c(O)c(c1)Cc1cc(C(C)(C)C)cc(c1OCC(=O)Sc1nnc(/C=C\c3ccccc3)o1)Cc1cc(C(C)(C)C)cc(c1O)Cc1cc(C(C)(C)C)cc(c1OCC(=O)Sc1nnc(/C=C\c3ccccc3)o1)C2. The summed E-state index contributed by atoms with van der Waals surface area (Å²) in [5, 5.41) is 41.6. The fraction of sp³-hybridized carbons (Fsp3) is 0.324. The summed E-state index contributed by atoms with van der Waals surface area (Å²) in [5.41, 5.74) is 10.3. The Labute approximate surface area is 489 Å². The summed E-state index contributed by atoms with van der Waals surface area (Å²) in [6.07, 6.45) is 8.06. The predicted octanol–water partition coefficient (Wildman–Crippen LogP) is 15.5. The third kappa shape index (κ3) is 14.7. The molecule has 424 valence electrons. The van der Waals surface area contributed by atoms with Crippen molar-refractivity contribution in [1.29, 1.82) is 0 Å². The van der Waals surface area contributed by atoms with E-state index in [9.17, 15) is 19.8 Å². The van der Waals surface area contributed by atoms with Gasteiger partial charge in [0.15, 0.2) is 13.2 Å². The molecule has 0 fully saturated rings. The van der Waals surface area contributed by atoms with Gasteiger partial charge >= 0.3 is 0 Å². The topological polar surface area (TPSA) is 171 Å². The summed E-state index contributed by atoms with van der Waals surface area (Å²) in [6.45, 7) is 25.1. The minimum Gasteiger partial charge on any atom is -0.507 e. The molecule has 2 N–H and O–H groups in total. The van der Waals surface area contributed by atoms with Gasteiger partial charge in [-0.2, -0.15) is 0 Å².